The minimum absolute atomic E-state index is 0.0770. The average molecular weight is 459 g/mol. The van der Waals surface area contributed by atoms with Gasteiger partial charge in [0, 0.05) is 12.1 Å². The third kappa shape index (κ3) is 4.57. The molecule has 1 heterocycles. The molecule has 4 rings (SSSR count). The summed E-state index contributed by atoms with van der Waals surface area (Å²) in [6, 6.07) is 20.0. The van der Waals surface area contributed by atoms with Gasteiger partial charge in [0.25, 0.3) is 11.5 Å². The molecule has 0 saturated heterocycles. The number of hydroxylamine groups is 1. The van der Waals surface area contributed by atoms with Crippen molar-refractivity contribution < 1.29 is 14.4 Å². The van der Waals surface area contributed by atoms with E-state index in [1.807, 2.05) is 30.3 Å². The van der Waals surface area contributed by atoms with Gasteiger partial charge < -0.3 is 0 Å². The van der Waals surface area contributed by atoms with Crippen molar-refractivity contribution in [2.24, 2.45) is 0 Å². The number of halogens is 1. The minimum Gasteiger partial charge on any atom is -0.289 e. The summed E-state index contributed by atoms with van der Waals surface area (Å²) in [5, 5.41) is 9.03. The second-order valence-corrected chi connectivity index (χ2v) is 7.84. The van der Waals surface area contributed by atoms with Crippen molar-refractivity contribution >= 4 is 22.4 Å². The van der Waals surface area contributed by atoms with Crippen molar-refractivity contribution in [3.63, 3.8) is 0 Å². The Morgan fingerprint density at radius 3 is 2.32 bits per heavy atom. The standard InChI is InChI=1S/C26H22FN3O4/c1-17(24(31)28-34)20-9-7-19(8-10-20)16-30-23-15-21(27)11-12-22(23)25(32)29(26(30)33)14-13-18-5-3-2-4-6-18/h2-12,15,34H,1,13-14,16H2,(H,28,31). The average Bonchev–Trinajstić information content (AvgIpc) is 2.86. The normalized spacial score (nSPS) is 10.9. The highest BCUT2D eigenvalue weighted by atomic mass is 19.1. The van der Waals surface area contributed by atoms with Gasteiger partial charge in [-0.15, -0.1) is 0 Å². The lowest BCUT2D eigenvalue weighted by atomic mass is 10.0. The Morgan fingerprint density at radius 1 is 0.941 bits per heavy atom. The first-order valence-corrected chi connectivity index (χ1v) is 10.6. The van der Waals surface area contributed by atoms with Crippen LogP contribution >= 0.6 is 0 Å². The fraction of sp³-hybridized carbons (Fsp3) is 0.115. The van der Waals surface area contributed by atoms with Crippen LogP contribution in [0.4, 0.5) is 4.39 Å². The number of aryl methyl sites for hydroxylation is 1. The largest absolute Gasteiger partial charge is 0.331 e. The van der Waals surface area contributed by atoms with Crippen LogP contribution in [0, 0.1) is 5.82 Å². The number of nitrogens with one attached hydrogen (secondary N) is 1. The highest BCUT2D eigenvalue weighted by molar-refractivity contribution is 6.18. The zero-order valence-electron chi connectivity index (χ0n) is 18.2. The first kappa shape index (κ1) is 22.9. The molecular formula is C26H22FN3O4. The van der Waals surface area contributed by atoms with Gasteiger partial charge in [-0.3, -0.25) is 23.9 Å². The molecule has 0 fully saturated rings. The van der Waals surface area contributed by atoms with Crippen LogP contribution in [0.25, 0.3) is 16.5 Å². The van der Waals surface area contributed by atoms with Gasteiger partial charge in [0.2, 0.25) is 0 Å². The number of nitrogens with zero attached hydrogens (tertiary/aromatic N) is 2. The van der Waals surface area contributed by atoms with Crippen LogP contribution in [0.5, 0.6) is 0 Å². The molecule has 2 N–H and O–H groups in total. The number of fused-ring (bicyclic) bond motifs is 1. The monoisotopic (exact) mass is 459 g/mol. The summed E-state index contributed by atoms with van der Waals surface area (Å²) in [5.74, 6) is -1.28. The minimum atomic E-state index is -0.726. The Bertz CT molecular complexity index is 1490. The molecule has 1 aromatic heterocycles. The number of carbonyl (C=O) groups is 1. The van der Waals surface area contributed by atoms with E-state index in [2.05, 4.69) is 6.58 Å². The van der Waals surface area contributed by atoms with E-state index in [1.54, 1.807) is 24.3 Å². The molecule has 0 bridgehead atoms. The lowest BCUT2D eigenvalue weighted by Crippen LogP contribution is -2.40. The number of aromatic nitrogens is 2. The van der Waals surface area contributed by atoms with Gasteiger partial charge in [-0.05, 0) is 41.3 Å². The third-order valence-corrected chi connectivity index (χ3v) is 5.67. The quantitative estimate of drug-likeness (QED) is 0.252. The van der Waals surface area contributed by atoms with Crippen LogP contribution in [-0.2, 0) is 24.3 Å². The fourth-order valence-electron chi connectivity index (χ4n) is 3.82. The zero-order chi connectivity index (χ0) is 24.2. The number of hydrogen-bond donors (Lipinski definition) is 2. The smallest absolute Gasteiger partial charge is 0.289 e. The Labute approximate surface area is 194 Å². The molecule has 4 aromatic rings. The number of carbonyl (C=O) groups excluding carboxylic acids is 1. The topological polar surface area (TPSA) is 93.3 Å². The zero-order valence-corrected chi connectivity index (χ0v) is 18.2. The van der Waals surface area contributed by atoms with E-state index in [1.165, 1.54) is 32.8 Å². The first-order chi connectivity index (χ1) is 16.4. The van der Waals surface area contributed by atoms with E-state index in [0.717, 1.165) is 5.56 Å². The van der Waals surface area contributed by atoms with Crippen molar-refractivity contribution in [1.29, 1.82) is 0 Å². The molecule has 0 aliphatic rings. The van der Waals surface area contributed by atoms with E-state index in [0.29, 0.717) is 17.5 Å². The van der Waals surface area contributed by atoms with Gasteiger partial charge in [0.1, 0.15) is 5.82 Å². The highest BCUT2D eigenvalue weighted by Crippen LogP contribution is 2.16. The van der Waals surface area contributed by atoms with Crippen molar-refractivity contribution in [2.75, 3.05) is 0 Å². The first-order valence-electron chi connectivity index (χ1n) is 10.6. The van der Waals surface area contributed by atoms with Gasteiger partial charge in [0.15, 0.2) is 0 Å². The Morgan fingerprint density at radius 2 is 1.65 bits per heavy atom. The molecule has 1 amide bonds. The van der Waals surface area contributed by atoms with E-state index in [9.17, 15) is 18.8 Å². The predicted molar refractivity (Wildman–Crippen MR) is 127 cm³/mol. The van der Waals surface area contributed by atoms with Crippen LogP contribution in [0.2, 0.25) is 0 Å². The summed E-state index contributed by atoms with van der Waals surface area (Å²) >= 11 is 0. The lowest BCUT2D eigenvalue weighted by Gasteiger charge is -2.15. The molecule has 0 spiro atoms. The van der Waals surface area contributed by atoms with Gasteiger partial charge in [-0.1, -0.05) is 61.2 Å². The maximum atomic E-state index is 14.0. The summed E-state index contributed by atoms with van der Waals surface area (Å²) in [5.41, 5.74) is 3.00. The predicted octanol–water partition coefficient (Wildman–Crippen LogP) is 3.11. The summed E-state index contributed by atoms with van der Waals surface area (Å²) < 4.78 is 16.6. The van der Waals surface area contributed by atoms with E-state index >= 15 is 0 Å². The molecule has 0 atom stereocenters. The number of hydrogen-bond acceptors (Lipinski definition) is 4. The molecule has 0 unspecified atom stereocenters. The molecule has 34 heavy (non-hydrogen) atoms. The lowest BCUT2D eigenvalue weighted by molar-refractivity contribution is -0.123. The molecule has 0 radical (unpaired) electrons. The summed E-state index contributed by atoms with van der Waals surface area (Å²) in [6.45, 7) is 3.91. The third-order valence-electron chi connectivity index (χ3n) is 5.67. The molecule has 0 saturated carbocycles. The van der Waals surface area contributed by atoms with Gasteiger partial charge >= 0.3 is 5.69 Å². The number of benzene rings is 3. The van der Waals surface area contributed by atoms with Crippen molar-refractivity contribution in [3.05, 3.63) is 123 Å². The maximum Gasteiger partial charge on any atom is 0.331 e. The highest BCUT2D eigenvalue weighted by Gasteiger charge is 2.15. The second kappa shape index (κ2) is 9.68. The fourth-order valence-corrected chi connectivity index (χ4v) is 3.82. The van der Waals surface area contributed by atoms with Crippen LogP contribution in [0.15, 0.2) is 89.0 Å². The molecular weight excluding hydrogens is 437 g/mol. The Hall–Kier alpha value is -4.30. The van der Waals surface area contributed by atoms with E-state index < -0.39 is 23.0 Å². The maximum absolute atomic E-state index is 14.0. The SMILES string of the molecule is C=C(C(=O)NO)c1ccc(Cn2c(=O)n(CCc3ccccc3)c(=O)c3ccc(F)cc32)cc1. The molecule has 7 nitrogen and oxygen atoms in total. The number of rotatable bonds is 7. The molecule has 3 aromatic carbocycles. The van der Waals surface area contributed by atoms with Crippen LogP contribution in [0.3, 0.4) is 0 Å². The van der Waals surface area contributed by atoms with Gasteiger partial charge in [0.05, 0.1) is 17.4 Å². The molecule has 8 heteroatoms. The Balaban J connectivity index is 1.74. The van der Waals surface area contributed by atoms with Crippen LogP contribution in [0.1, 0.15) is 16.7 Å². The summed E-state index contributed by atoms with van der Waals surface area (Å²) in [6.07, 6.45) is 0.492. The van der Waals surface area contributed by atoms with Crippen molar-refractivity contribution in [1.82, 2.24) is 14.6 Å². The van der Waals surface area contributed by atoms with E-state index in [4.69, 9.17) is 5.21 Å². The summed E-state index contributed by atoms with van der Waals surface area (Å²) in [7, 11) is 0. The van der Waals surface area contributed by atoms with Crippen LogP contribution < -0.4 is 16.7 Å². The van der Waals surface area contributed by atoms with Crippen molar-refractivity contribution in [3.8, 4) is 0 Å². The van der Waals surface area contributed by atoms with Gasteiger partial charge in [-0.2, -0.15) is 0 Å². The number of amides is 1. The van der Waals surface area contributed by atoms with E-state index in [-0.39, 0.29) is 29.6 Å². The van der Waals surface area contributed by atoms with Crippen LogP contribution in [-0.4, -0.2) is 20.2 Å². The molecule has 0 aliphatic heterocycles. The molecule has 0 aliphatic carbocycles. The summed E-state index contributed by atoms with van der Waals surface area (Å²) in [4.78, 5) is 38.0. The van der Waals surface area contributed by atoms with Crippen molar-refractivity contribution in [2.45, 2.75) is 19.5 Å². The molecule has 172 valence electrons. The second-order valence-electron chi connectivity index (χ2n) is 7.84. The van der Waals surface area contributed by atoms with Gasteiger partial charge in [-0.25, -0.2) is 14.7 Å². The Kier molecular flexibility index (Phi) is 6.51.